The average Bonchev–Trinajstić information content (AvgIpc) is 3.71. The van der Waals surface area contributed by atoms with Crippen LogP contribution in [0.5, 0.6) is 0 Å². The predicted molar refractivity (Wildman–Crippen MR) is 140 cm³/mol. The average molecular weight is 525 g/mol. The van der Waals surface area contributed by atoms with Crippen molar-refractivity contribution in [3.63, 3.8) is 0 Å². The smallest absolute Gasteiger partial charge is 0.237 e. The Morgan fingerprint density at radius 3 is 2.08 bits per heavy atom. The molecular formula is C26H32N6O2S2. The number of carbonyl (C=O) groups excluding carboxylic acids is 2. The molecule has 190 valence electrons. The first-order valence-corrected chi connectivity index (χ1v) is 14.8. The van der Waals surface area contributed by atoms with E-state index in [0.717, 1.165) is 57.4 Å². The van der Waals surface area contributed by atoms with Gasteiger partial charge in [0.05, 0.1) is 31.7 Å². The molecule has 0 saturated carbocycles. The zero-order chi connectivity index (χ0) is 24.5. The minimum Gasteiger partial charge on any atom is -0.335 e. The maximum Gasteiger partial charge on any atom is 0.237 e. The molecule has 3 aliphatic heterocycles. The van der Waals surface area contributed by atoms with E-state index in [4.69, 9.17) is 0 Å². The van der Waals surface area contributed by atoms with Crippen LogP contribution in [0, 0.1) is 0 Å². The summed E-state index contributed by atoms with van der Waals surface area (Å²) in [6.45, 7) is 2.75. The first-order chi connectivity index (χ1) is 17.7. The quantitative estimate of drug-likeness (QED) is 0.471. The van der Waals surface area contributed by atoms with Crippen molar-refractivity contribution >= 4 is 34.5 Å². The lowest BCUT2D eigenvalue weighted by molar-refractivity contribution is -0.138. The zero-order valence-electron chi connectivity index (χ0n) is 20.4. The van der Waals surface area contributed by atoms with Crippen LogP contribution in [0.3, 0.4) is 0 Å². The van der Waals surface area contributed by atoms with Gasteiger partial charge in [0.1, 0.15) is 12.2 Å². The van der Waals surface area contributed by atoms with Gasteiger partial charge in [-0.05, 0) is 76.9 Å². The van der Waals surface area contributed by atoms with Crippen LogP contribution >= 0.6 is 22.7 Å². The Bertz CT molecular complexity index is 1110. The minimum absolute atomic E-state index is 0.0801. The molecule has 3 aromatic heterocycles. The molecule has 0 bridgehead atoms. The number of likely N-dealkylation sites (tertiary alicyclic amines) is 2. The second-order valence-electron chi connectivity index (χ2n) is 10.1. The van der Waals surface area contributed by atoms with Crippen LogP contribution in [0.15, 0.2) is 40.0 Å². The number of hydrogen-bond acceptors (Lipinski definition) is 7. The Morgan fingerprint density at radius 1 is 0.917 bits per heavy atom. The molecule has 0 aliphatic carbocycles. The van der Waals surface area contributed by atoms with E-state index in [9.17, 15) is 9.59 Å². The maximum absolute atomic E-state index is 13.7. The normalized spacial score (nSPS) is 24.0. The van der Waals surface area contributed by atoms with E-state index in [-0.39, 0.29) is 43.0 Å². The molecule has 36 heavy (non-hydrogen) atoms. The van der Waals surface area contributed by atoms with Crippen molar-refractivity contribution in [2.75, 3.05) is 26.2 Å². The van der Waals surface area contributed by atoms with Gasteiger partial charge in [-0.3, -0.25) is 14.5 Å². The Morgan fingerprint density at radius 2 is 1.53 bits per heavy atom. The zero-order valence-corrected chi connectivity index (χ0v) is 22.0. The molecule has 2 fully saturated rings. The monoisotopic (exact) mass is 524 g/mol. The summed E-state index contributed by atoms with van der Waals surface area (Å²) in [5, 5.41) is 12.9. The fourth-order valence-electron chi connectivity index (χ4n) is 6.11. The van der Waals surface area contributed by atoms with E-state index in [1.807, 2.05) is 14.5 Å². The molecule has 8 nitrogen and oxygen atoms in total. The summed E-state index contributed by atoms with van der Waals surface area (Å²) in [6.07, 6.45) is 7.34. The SMILES string of the molecule is O=C(CN(CC(=O)N1CCCC1c1ccsc1)C1CCc2ncnn2C1)N1CCCC1c1ccsc1. The summed E-state index contributed by atoms with van der Waals surface area (Å²) in [5.74, 6) is 1.23. The van der Waals surface area contributed by atoms with Crippen molar-refractivity contribution in [2.24, 2.45) is 0 Å². The van der Waals surface area contributed by atoms with E-state index in [0.29, 0.717) is 6.54 Å². The van der Waals surface area contributed by atoms with E-state index in [1.165, 1.54) is 11.1 Å². The number of carbonyl (C=O) groups is 2. The van der Waals surface area contributed by atoms with Crippen molar-refractivity contribution in [2.45, 2.75) is 63.2 Å². The highest BCUT2D eigenvalue weighted by atomic mass is 32.1. The van der Waals surface area contributed by atoms with Gasteiger partial charge in [0, 0.05) is 25.6 Å². The van der Waals surface area contributed by atoms with E-state index >= 15 is 0 Å². The molecule has 2 saturated heterocycles. The fourth-order valence-corrected chi connectivity index (χ4v) is 7.53. The molecule has 0 spiro atoms. The Kier molecular flexibility index (Phi) is 6.90. The summed E-state index contributed by atoms with van der Waals surface area (Å²) >= 11 is 3.36. The lowest BCUT2D eigenvalue weighted by Crippen LogP contribution is -2.51. The van der Waals surface area contributed by atoms with E-state index in [1.54, 1.807) is 29.0 Å². The summed E-state index contributed by atoms with van der Waals surface area (Å²) in [6, 6.07) is 4.64. The molecule has 3 atom stereocenters. The Balaban J connectivity index is 1.20. The predicted octanol–water partition coefficient (Wildman–Crippen LogP) is 3.75. The number of thiophene rings is 2. The van der Waals surface area contributed by atoms with Gasteiger partial charge in [-0.1, -0.05) is 0 Å². The van der Waals surface area contributed by atoms with E-state index in [2.05, 4.69) is 48.6 Å². The van der Waals surface area contributed by atoms with Gasteiger partial charge < -0.3 is 9.80 Å². The highest BCUT2D eigenvalue weighted by Crippen LogP contribution is 2.35. The van der Waals surface area contributed by atoms with Crippen LogP contribution in [-0.2, 0) is 22.6 Å². The molecule has 3 unspecified atom stereocenters. The standard InChI is InChI=1S/C26H32N6O2S2/c33-25(30-9-1-3-22(30)19-7-11-35-16-19)14-29(21-5-6-24-27-18-28-32(24)13-21)15-26(34)31-10-2-4-23(31)20-8-12-36-17-20/h7-8,11-12,16-18,21-23H,1-6,9-10,13-15H2. The minimum atomic E-state index is 0.0801. The second-order valence-corrected chi connectivity index (χ2v) is 11.6. The molecule has 10 heteroatoms. The number of aromatic nitrogens is 3. The maximum atomic E-state index is 13.7. The summed E-state index contributed by atoms with van der Waals surface area (Å²) in [7, 11) is 0. The van der Waals surface area contributed by atoms with Crippen molar-refractivity contribution in [3.8, 4) is 0 Å². The number of aryl methyl sites for hydroxylation is 1. The molecule has 3 aromatic rings. The molecule has 2 amide bonds. The van der Waals surface area contributed by atoms with Gasteiger partial charge in [0.2, 0.25) is 11.8 Å². The summed E-state index contributed by atoms with van der Waals surface area (Å²) in [4.78, 5) is 37.9. The third-order valence-electron chi connectivity index (χ3n) is 7.98. The topological polar surface area (TPSA) is 74.6 Å². The van der Waals surface area contributed by atoms with Gasteiger partial charge in [-0.25, -0.2) is 9.67 Å². The van der Waals surface area contributed by atoms with Gasteiger partial charge in [0.25, 0.3) is 0 Å². The summed E-state index contributed by atoms with van der Waals surface area (Å²) < 4.78 is 1.93. The number of nitrogens with zero attached hydrogens (tertiary/aromatic N) is 6. The van der Waals surface area contributed by atoms with Crippen molar-refractivity contribution in [1.29, 1.82) is 0 Å². The van der Waals surface area contributed by atoms with Crippen LogP contribution in [0.4, 0.5) is 0 Å². The van der Waals surface area contributed by atoms with Gasteiger partial charge in [-0.15, -0.1) is 0 Å². The molecule has 0 aromatic carbocycles. The number of rotatable bonds is 7. The fraction of sp³-hybridized carbons (Fsp3) is 0.538. The van der Waals surface area contributed by atoms with Gasteiger partial charge in [-0.2, -0.15) is 27.8 Å². The van der Waals surface area contributed by atoms with Gasteiger partial charge >= 0.3 is 0 Å². The van der Waals surface area contributed by atoms with Crippen LogP contribution in [0.1, 0.15) is 61.1 Å². The molecular weight excluding hydrogens is 492 g/mol. The Hall–Kier alpha value is -2.56. The number of hydrogen-bond donors (Lipinski definition) is 0. The van der Waals surface area contributed by atoms with Crippen LogP contribution in [-0.4, -0.2) is 73.5 Å². The first kappa shape index (κ1) is 23.8. The lowest BCUT2D eigenvalue weighted by atomic mass is 10.0. The van der Waals surface area contributed by atoms with Crippen LogP contribution < -0.4 is 0 Å². The van der Waals surface area contributed by atoms with Crippen LogP contribution in [0.25, 0.3) is 0 Å². The molecule has 0 N–H and O–H groups in total. The number of fused-ring (bicyclic) bond motifs is 1. The molecule has 3 aliphatic rings. The first-order valence-electron chi connectivity index (χ1n) is 12.9. The molecule has 0 radical (unpaired) electrons. The van der Waals surface area contributed by atoms with E-state index < -0.39 is 0 Å². The van der Waals surface area contributed by atoms with Crippen molar-refractivity contribution in [3.05, 3.63) is 56.9 Å². The highest BCUT2D eigenvalue weighted by molar-refractivity contribution is 7.08. The molecule has 6 rings (SSSR count). The van der Waals surface area contributed by atoms with Gasteiger partial charge in [0.15, 0.2) is 0 Å². The summed E-state index contributed by atoms with van der Waals surface area (Å²) in [5.41, 5.74) is 2.46. The highest BCUT2D eigenvalue weighted by Gasteiger charge is 2.36. The lowest BCUT2D eigenvalue weighted by Gasteiger charge is -2.36. The third kappa shape index (κ3) is 4.73. The van der Waals surface area contributed by atoms with Crippen LogP contribution in [0.2, 0.25) is 0 Å². The second kappa shape index (κ2) is 10.4. The molecule has 6 heterocycles. The largest absolute Gasteiger partial charge is 0.335 e. The number of amides is 2. The Labute approximate surface area is 219 Å². The van der Waals surface area contributed by atoms with Crippen molar-refractivity contribution < 1.29 is 9.59 Å². The third-order valence-corrected chi connectivity index (χ3v) is 9.38. The van der Waals surface area contributed by atoms with Crippen molar-refractivity contribution in [1.82, 2.24) is 29.5 Å².